The molecule has 0 aromatic heterocycles. The Kier molecular flexibility index (Phi) is 2.87. The van der Waals surface area contributed by atoms with Gasteiger partial charge < -0.3 is 15.2 Å². The van der Waals surface area contributed by atoms with Gasteiger partial charge in [-0.15, -0.1) is 0 Å². The minimum Gasteiger partial charge on any atom is -0.395 e. The van der Waals surface area contributed by atoms with Crippen LogP contribution in [-0.2, 0) is 4.74 Å². The highest BCUT2D eigenvalue weighted by Crippen LogP contribution is 2.25. The third kappa shape index (κ3) is 2.43. The summed E-state index contributed by atoms with van der Waals surface area (Å²) in [5.74, 6) is 0. The van der Waals surface area contributed by atoms with Crippen molar-refractivity contribution >= 4 is 0 Å². The van der Waals surface area contributed by atoms with E-state index in [2.05, 4.69) is 12.2 Å². The molecule has 1 saturated heterocycles. The average Bonchev–Trinajstić information content (AvgIpc) is 1.96. The molecule has 11 heavy (non-hydrogen) atoms. The van der Waals surface area contributed by atoms with E-state index in [-0.39, 0.29) is 12.6 Å². The lowest BCUT2D eigenvalue weighted by atomic mass is 9.88. The van der Waals surface area contributed by atoms with E-state index < -0.39 is 0 Å². The number of aliphatic hydroxyl groups excluding tert-OH is 1. The van der Waals surface area contributed by atoms with Gasteiger partial charge in [-0.25, -0.2) is 0 Å². The van der Waals surface area contributed by atoms with Gasteiger partial charge >= 0.3 is 0 Å². The monoisotopic (exact) mass is 159 g/mol. The fourth-order valence-corrected chi connectivity index (χ4v) is 1.04. The van der Waals surface area contributed by atoms with Gasteiger partial charge in [-0.3, -0.25) is 0 Å². The molecule has 1 heterocycles. The largest absolute Gasteiger partial charge is 0.395 e. The van der Waals surface area contributed by atoms with Crippen LogP contribution in [-0.4, -0.2) is 37.5 Å². The van der Waals surface area contributed by atoms with Crippen LogP contribution in [0.3, 0.4) is 0 Å². The standard InChI is InChI=1S/C8H17NO2/c1-7(3-10)9-4-8(2)5-11-6-8/h7,9-10H,3-6H2,1-2H3. The van der Waals surface area contributed by atoms with Crippen LogP contribution in [0.2, 0.25) is 0 Å². The second-order valence-electron chi connectivity index (χ2n) is 3.77. The zero-order chi connectivity index (χ0) is 8.32. The van der Waals surface area contributed by atoms with Crippen LogP contribution in [0, 0.1) is 5.41 Å². The molecule has 0 saturated carbocycles. The highest BCUT2D eigenvalue weighted by Gasteiger charge is 2.32. The first-order valence-corrected chi connectivity index (χ1v) is 4.08. The Morgan fingerprint density at radius 1 is 1.64 bits per heavy atom. The maximum Gasteiger partial charge on any atom is 0.0581 e. The van der Waals surface area contributed by atoms with Gasteiger partial charge in [0.25, 0.3) is 0 Å². The average molecular weight is 159 g/mol. The van der Waals surface area contributed by atoms with Crippen molar-refractivity contribution in [2.75, 3.05) is 26.4 Å². The maximum absolute atomic E-state index is 8.73. The van der Waals surface area contributed by atoms with Gasteiger partial charge in [-0.1, -0.05) is 6.92 Å². The van der Waals surface area contributed by atoms with Crippen LogP contribution in [0.25, 0.3) is 0 Å². The molecule has 0 aromatic rings. The normalized spacial score (nSPS) is 24.3. The number of hydrogen-bond donors (Lipinski definition) is 2. The van der Waals surface area contributed by atoms with Gasteiger partial charge in [-0.2, -0.15) is 0 Å². The summed E-state index contributed by atoms with van der Waals surface area (Å²) >= 11 is 0. The van der Waals surface area contributed by atoms with Crippen molar-refractivity contribution in [1.82, 2.24) is 5.32 Å². The van der Waals surface area contributed by atoms with E-state index in [0.717, 1.165) is 19.8 Å². The quantitative estimate of drug-likeness (QED) is 0.606. The molecule has 2 N–H and O–H groups in total. The van der Waals surface area contributed by atoms with E-state index >= 15 is 0 Å². The van der Waals surface area contributed by atoms with Crippen LogP contribution in [0.1, 0.15) is 13.8 Å². The molecule has 1 aliphatic heterocycles. The lowest BCUT2D eigenvalue weighted by Crippen LogP contribution is -2.49. The lowest BCUT2D eigenvalue weighted by Gasteiger charge is -2.38. The fourth-order valence-electron chi connectivity index (χ4n) is 1.04. The summed E-state index contributed by atoms with van der Waals surface area (Å²) in [6.07, 6.45) is 0. The van der Waals surface area contributed by atoms with Crippen molar-refractivity contribution in [3.63, 3.8) is 0 Å². The van der Waals surface area contributed by atoms with Crippen molar-refractivity contribution in [3.8, 4) is 0 Å². The number of aliphatic hydroxyl groups is 1. The van der Waals surface area contributed by atoms with E-state index in [0.29, 0.717) is 5.41 Å². The number of nitrogens with one attached hydrogen (secondary N) is 1. The highest BCUT2D eigenvalue weighted by molar-refractivity contribution is 4.83. The Morgan fingerprint density at radius 2 is 2.27 bits per heavy atom. The maximum atomic E-state index is 8.73. The molecule has 66 valence electrons. The first-order valence-electron chi connectivity index (χ1n) is 4.08. The molecular weight excluding hydrogens is 142 g/mol. The van der Waals surface area contributed by atoms with Crippen molar-refractivity contribution in [1.29, 1.82) is 0 Å². The van der Waals surface area contributed by atoms with Crippen LogP contribution < -0.4 is 5.32 Å². The Morgan fingerprint density at radius 3 is 2.64 bits per heavy atom. The number of ether oxygens (including phenoxy) is 1. The zero-order valence-electron chi connectivity index (χ0n) is 7.26. The third-order valence-electron chi connectivity index (χ3n) is 2.05. The van der Waals surface area contributed by atoms with E-state index in [1.807, 2.05) is 6.92 Å². The summed E-state index contributed by atoms with van der Waals surface area (Å²) in [7, 11) is 0. The second kappa shape index (κ2) is 3.52. The lowest BCUT2D eigenvalue weighted by molar-refractivity contribution is -0.100. The SMILES string of the molecule is CC(CO)NCC1(C)COC1. The van der Waals surface area contributed by atoms with Gasteiger partial charge in [0.15, 0.2) is 0 Å². The van der Waals surface area contributed by atoms with Crippen LogP contribution in [0.5, 0.6) is 0 Å². The molecule has 0 radical (unpaired) electrons. The molecule has 0 aliphatic carbocycles. The van der Waals surface area contributed by atoms with E-state index in [4.69, 9.17) is 9.84 Å². The van der Waals surface area contributed by atoms with Gasteiger partial charge in [0.2, 0.25) is 0 Å². The zero-order valence-corrected chi connectivity index (χ0v) is 7.26. The molecule has 3 nitrogen and oxygen atoms in total. The molecule has 1 unspecified atom stereocenters. The Balaban J connectivity index is 2.11. The fraction of sp³-hybridized carbons (Fsp3) is 1.00. The first kappa shape index (κ1) is 8.97. The summed E-state index contributed by atoms with van der Waals surface area (Å²) in [6, 6.07) is 0.201. The highest BCUT2D eigenvalue weighted by atomic mass is 16.5. The molecule has 3 heteroatoms. The number of rotatable bonds is 4. The molecule has 1 atom stereocenters. The van der Waals surface area contributed by atoms with Crippen molar-refractivity contribution in [3.05, 3.63) is 0 Å². The molecule has 0 aromatic carbocycles. The van der Waals surface area contributed by atoms with Crippen LogP contribution in [0.4, 0.5) is 0 Å². The Labute approximate surface area is 67.7 Å². The Hall–Kier alpha value is -0.120. The van der Waals surface area contributed by atoms with E-state index in [1.54, 1.807) is 0 Å². The van der Waals surface area contributed by atoms with Crippen LogP contribution >= 0.6 is 0 Å². The van der Waals surface area contributed by atoms with Crippen molar-refractivity contribution < 1.29 is 9.84 Å². The summed E-state index contributed by atoms with van der Waals surface area (Å²) in [6.45, 7) is 7.00. The third-order valence-corrected chi connectivity index (χ3v) is 2.05. The molecule has 1 aliphatic rings. The van der Waals surface area contributed by atoms with Crippen LogP contribution in [0.15, 0.2) is 0 Å². The Bertz CT molecular complexity index is 123. The van der Waals surface area contributed by atoms with Crippen molar-refractivity contribution in [2.24, 2.45) is 5.41 Å². The predicted molar refractivity (Wildman–Crippen MR) is 43.5 cm³/mol. The van der Waals surface area contributed by atoms with Gasteiger partial charge in [0.1, 0.15) is 0 Å². The van der Waals surface area contributed by atoms with Gasteiger partial charge in [-0.05, 0) is 6.92 Å². The summed E-state index contributed by atoms with van der Waals surface area (Å²) in [4.78, 5) is 0. The van der Waals surface area contributed by atoms with Gasteiger partial charge in [0.05, 0.1) is 19.8 Å². The predicted octanol–water partition coefficient (Wildman–Crippen LogP) is -0.00670. The minimum atomic E-state index is 0.201. The number of hydrogen-bond acceptors (Lipinski definition) is 3. The summed E-state index contributed by atoms with van der Waals surface area (Å²) in [5, 5.41) is 12.0. The summed E-state index contributed by atoms with van der Waals surface area (Å²) in [5.41, 5.74) is 0.309. The van der Waals surface area contributed by atoms with Gasteiger partial charge in [0, 0.05) is 18.0 Å². The minimum absolute atomic E-state index is 0.201. The molecule has 1 rings (SSSR count). The molecule has 0 amide bonds. The molecule has 1 fully saturated rings. The van der Waals surface area contributed by atoms with Crippen molar-refractivity contribution in [2.45, 2.75) is 19.9 Å². The molecule has 0 spiro atoms. The summed E-state index contributed by atoms with van der Waals surface area (Å²) < 4.78 is 5.10. The topological polar surface area (TPSA) is 41.5 Å². The second-order valence-corrected chi connectivity index (χ2v) is 3.77. The van der Waals surface area contributed by atoms with E-state index in [1.165, 1.54) is 0 Å². The van der Waals surface area contributed by atoms with E-state index in [9.17, 15) is 0 Å². The first-order chi connectivity index (χ1) is 5.16. The smallest absolute Gasteiger partial charge is 0.0581 e. The molecule has 0 bridgehead atoms. The molecular formula is C8H17NO2.